The van der Waals surface area contributed by atoms with Crippen molar-refractivity contribution in [2.45, 2.75) is 13.3 Å². The Balaban J connectivity index is 2.77. The molecule has 17 heavy (non-hydrogen) atoms. The van der Waals surface area contributed by atoms with Crippen molar-refractivity contribution in [3.05, 3.63) is 27.9 Å². The van der Waals surface area contributed by atoms with Crippen LogP contribution in [0.2, 0.25) is 0 Å². The maximum Gasteiger partial charge on any atom is 0.277 e. The lowest BCUT2D eigenvalue weighted by Gasteiger charge is -2.17. The molecule has 0 radical (unpaired) electrons. The van der Waals surface area contributed by atoms with Crippen molar-refractivity contribution < 1.29 is 4.92 Å². The Morgan fingerprint density at radius 1 is 1.59 bits per heavy atom. The molecule has 1 N–H and O–H groups in total. The Morgan fingerprint density at radius 2 is 2.29 bits per heavy atom. The van der Waals surface area contributed by atoms with Crippen LogP contribution in [0.5, 0.6) is 0 Å². The minimum Gasteiger partial charge on any atom is -0.359 e. The van der Waals surface area contributed by atoms with Crippen LogP contribution < -0.4 is 10.2 Å². The molecule has 1 rings (SSSR count). The van der Waals surface area contributed by atoms with Gasteiger partial charge in [-0.2, -0.15) is 0 Å². The van der Waals surface area contributed by atoms with E-state index in [2.05, 4.69) is 10.3 Å². The summed E-state index contributed by atoms with van der Waals surface area (Å²) in [5.74, 6) is 0.637. The molecule has 0 bridgehead atoms. The van der Waals surface area contributed by atoms with Gasteiger partial charge in [-0.15, -0.1) is 0 Å². The van der Waals surface area contributed by atoms with Crippen LogP contribution in [0, 0.1) is 17.0 Å². The van der Waals surface area contributed by atoms with E-state index < -0.39 is 0 Å². The summed E-state index contributed by atoms with van der Waals surface area (Å²) in [6.07, 6.45) is 2.51. The highest BCUT2D eigenvalue weighted by Gasteiger charge is 2.13. The molecule has 0 atom stereocenters. The first kappa shape index (κ1) is 13.4. The van der Waals surface area contributed by atoms with Gasteiger partial charge >= 0.3 is 0 Å². The first-order valence-electron chi connectivity index (χ1n) is 5.53. The van der Waals surface area contributed by atoms with E-state index in [0.29, 0.717) is 11.4 Å². The van der Waals surface area contributed by atoms with Crippen LogP contribution in [0.15, 0.2) is 12.3 Å². The molecular formula is C11H18N4O2. The summed E-state index contributed by atoms with van der Waals surface area (Å²) >= 11 is 0. The van der Waals surface area contributed by atoms with Crippen molar-refractivity contribution in [1.82, 2.24) is 10.3 Å². The topological polar surface area (TPSA) is 71.3 Å². The van der Waals surface area contributed by atoms with Gasteiger partial charge in [-0.1, -0.05) is 0 Å². The second-order valence-corrected chi connectivity index (χ2v) is 3.96. The highest BCUT2D eigenvalue weighted by atomic mass is 16.6. The Hall–Kier alpha value is -1.69. The molecule has 6 heteroatoms. The molecule has 1 aromatic heterocycles. The van der Waals surface area contributed by atoms with Crippen molar-refractivity contribution in [3.63, 3.8) is 0 Å². The first-order valence-corrected chi connectivity index (χ1v) is 5.53. The van der Waals surface area contributed by atoms with Gasteiger partial charge in [0.05, 0.1) is 11.0 Å². The van der Waals surface area contributed by atoms with Crippen LogP contribution in [0.1, 0.15) is 12.0 Å². The van der Waals surface area contributed by atoms with Crippen molar-refractivity contribution in [1.29, 1.82) is 0 Å². The van der Waals surface area contributed by atoms with Crippen LogP contribution in [-0.4, -0.2) is 37.1 Å². The van der Waals surface area contributed by atoms with Gasteiger partial charge in [0.15, 0.2) is 0 Å². The van der Waals surface area contributed by atoms with Crippen LogP contribution in [0.25, 0.3) is 0 Å². The number of anilines is 1. The van der Waals surface area contributed by atoms with Gasteiger partial charge in [0.2, 0.25) is 0 Å². The van der Waals surface area contributed by atoms with E-state index in [1.807, 2.05) is 19.0 Å². The molecule has 0 fully saturated rings. The van der Waals surface area contributed by atoms with Gasteiger partial charge in [0.1, 0.15) is 5.82 Å². The molecule has 0 spiro atoms. The SMILES string of the molecule is CNCCCN(C)c1cc([N+](=O)[O-])c(C)cn1. The van der Waals surface area contributed by atoms with Gasteiger partial charge in [-0.05, 0) is 26.9 Å². The number of nitrogens with one attached hydrogen (secondary N) is 1. The third kappa shape index (κ3) is 3.67. The van der Waals surface area contributed by atoms with E-state index in [1.54, 1.807) is 13.1 Å². The van der Waals surface area contributed by atoms with E-state index in [4.69, 9.17) is 0 Å². The average molecular weight is 238 g/mol. The second-order valence-electron chi connectivity index (χ2n) is 3.96. The molecular weight excluding hydrogens is 220 g/mol. The maximum atomic E-state index is 10.8. The Kier molecular flexibility index (Phi) is 4.84. The predicted molar refractivity (Wildman–Crippen MR) is 67.4 cm³/mol. The van der Waals surface area contributed by atoms with E-state index in [9.17, 15) is 10.1 Å². The standard InChI is InChI=1S/C11H18N4O2/c1-9-8-13-11(7-10(9)15(16)17)14(3)6-4-5-12-2/h7-8,12H,4-6H2,1-3H3. The second kappa shape index (κ2) is 6.15. The zero-order valence-corrected chi connectivity index (χ0v) is 10.4. The predicted octanol–water partition coefficient (Wildman–Crippen LogP) is 1.34. The number of pyridine rings is 1. The number of aromatic nitrogens is 1. The van der Waals surface area contributed by atoms with E-state index in [-0.39, 0.29) is 10.6 Å². The molecule has 1 heterocycles. The van der Waals surface area contributed by atoms with E-state index in [1.165, 1.54) is 6.07 Å². The Labute approximate surface area is 101 Å². The van der Waals surface area contributed by atoms with E-state index in [0.717, 1.165) is 19.5 Å². The maximum absolute atomic E-state index is 10.8. The molecule has 0 saturated heterocycles. The Morgan fingerprint density at radius 3 is 2.88 bits per heavy atom. The van der Waals surface area contributed by atoms with Gasteiger partial charge in [-0.3, -0.25) is 10.1 Å². The van der Waals surface area contributed by atoms with Crippen LogP contribution >= 0.6 is 0 Å². The molecule has 0 saturated carbocycles. The molecule has 0 aliphatic rings. The first-order chi connectivity index (χ1) is 8.06. The van der Waals surface area contributed by atoms with Gasteiger partial charge in [0.25, 0.3) is 5.69 Å². The average Bonchev–Trinajstić information content (AvgIpc) is 2.29. The van der Waals surface area contributed by atoms with Crippen LogP contribution in [0.4, 0.5) is 11.5 Å². The van der Waals surface area contributed by atoms with Crippen LogP contribution in [0.3, 0.4) is 0 Å². The van der Waals surface area contributed by atoms with Crippen molar-refractivity contribution in [3.8, 4) is 0 Å². The fourth-order valence-corrected chi connectivity index (χ4v) is 1.52. The van der Waals surface area contributed by atoms with Crippen molar-refractivity contribution in [2.24, 2.45) is 0 Å². The number of hydrogen-bond acceptors (Lipinski definition) is 5. The summed E-state index contributed by atoms with van der Waals surface area (Å²) in [5, 5.41) is 13.9. The number of nitrogens with zero attached hydrogens (tertiary/aromatic N) is 3. The number of aryl methyl sites for hydroxylation is 1. The number of rotatable bonds is 6. The summed E-state index contributed by atoms with van der Waals surface area (Å²) in [4.78, 5) is 16.6. The van der Waals surface area contributed by atoms with Crippen molar-refractivity contribution >= 4 is 11.5 Å². The largest absolute Gasteiger partial charge is 0.359 e. The van der Waals surface area contributed by atoms with Crippen LogP contribution in [-0.2, 0) is 0 Å². The van der Waals surface area contributed by atoms with Gasteiger partial charge < -0.3 is 10.2 Å². The molecule has 0 aliphatic heterocycles. The fourth-order valence-electron chi connectivity index (χ4n) is 1.52. The highest BCUT2D eigenvalue weighted by Crippen LogP contribution is 2.21. The normalized spacial score (nSPS) is 10.3. The lowest BCUT2D eigenvalue weighted by Crippen LogP contribution is -2.23. The fraction of sp³-hybridized carbons (Fsp3) is 0.545. The number of nitro groups is 1. The third-order valence-electron chi connectivity index (χ3n) is 2.57. The van der Waals surface area contributed by atoms with E-state index >= 15 is 0 Å². The monoisotopic (exact) mass is 238 g/mol. The van der Waals surface area contributed by atoms with Crippen molar-refractivity contribution in [2.75, 3.05) is 32.1 Å². The minimum atomic E-state index is -0.373. The summed E-state index contributed by atoms with van der Waals surface area (Å²) in [7, 11) is 3.78. The molecule has 6 nitrogen and oxygen atoms in total. The van der Waals surface area contributed by atoms with Gasteiger partial charge in [-0.25, -0.2) is 4.98 Å². The Bertz CT molecular complexity index is 395. The summed E-state index contributed by atoms with van der Waals surface area (Å²) in [6, 6.07) is 1.52. The zero-order chi connectivity index (χ0) is 12.8. The summed E-state index contributed by atoms with van der Waals surface area (Å²) in [5.41, 5.74) is 0.706. The number of hydrogen-bond donors (Lipinski definition) is 1. The summed E-state index contributed by atoms with van der Waals surface area (Å²) in [6.45, 7) is 3.42. The molecule has 0 amide bonds. The summed E-state index contributed by atoms with van der Waals surface area (Å²) < 4.78 is 0. The molecule has 0 aromatic carbocycles. The molecule has 1 aromatic rings. The molecule has 0 unspecified atom stereocenters. The molecule has 94 valence electrons. The highest BCUT2D eigenvalue weighted by molar-refractivity contribution is 5.50. The smallest absolute Gasteiger partial charge is 0.277 e. The lowest BCUT2D eigenvalue weighted by molar-refractivity contribution is -0.385. The third-order valence-corrected chi connectivity index (χ3v) is 2.57. The lowest BCUT2D eigenvalue weighted by atomic mass is 10.2. The quantitative estimate of drug-likeness (QED) is 0.460. The molecule has 0 aliphatic carbocycles. The zero-order valence-electron chi connectivity index (χ0n) is 10.4. The van der Waals surface area contributed by atoms with Gasteiger partial charge in [0, 0.05) is 25.4 Å². The minimum absolute atomic E-state index is 0.121.